The zero-order valence-electron chi connectivity index (χ0n) is 9.46. The van der Waals surface area contributed by atoms with E-state index in [1.165, 1.54) is 30.3 Å². The van der Waals surface area contributed by atoms with Crippen LogP contribution in [0.25, 0.3) is 0 Å². The van der Waals surface area contributed by atoms with Crippen LogP contribution in [0.2, 0.25) is 0 Å². The molecule has 18 heavy (non-hydrogen) atoms. The van der Waals surface area contributed by atoms with Crippen LogP contribution in [0, 0.1) is 11.8 Å². The van der Waals surface area contributed by atoms with Crippen molar-refractivity contribution in [2.45, 2.75) is 22.5 Å². The maximum atomic E-state index is 14.9. The van der Waals surface area contributed by atoms with Crippen molar-refractivity contribution in [2.24, 2.45) is 11.8 Å². The van der Waals surface area contributed by atoms with Crippen LogP contribution in [-0.4, -0.2) is 19.6 Å². The predicted octanol–water partition coefficient (Wildman–Crippen LogP) is 2.67. The monoisotopic (exact) mass is 270 g/mol. The van der Waals surface area contributed by atoms with E-state index >= 15 is 0 Å². The van der Waals surface area contributed by atoms with Gasteiger partial charge in [-0.05, 0) is 18.6 Å². The van der Waals surface area contributed by atoms with E-state index in [1.54, 1.807) is 12.1 Å². The van der Waals surface area contributed by atoms with Crippen LogP contribution in [0.15, 0.2) is 47.4 Å². The normalized spacial score (nSPS) is 38.2. The maximum Gasteiger partial charge on any atom is 0.252 e. The van der Waals surface area contributed by atoms with Gasteiger partial charge in [0.25, 0.3) is 5.00 Å². The number of alkyl halides is 2. The minimum atomic E-state index is -4.31. The van der Waals surface area contributed by atoms with Gasteiger partial charge in [0.15, 0.2) is 6.17 Å². The highest BCUT2D eigenvalue weighted by Crippen LogP contribution is 2.54. The van der Waals surface area contributed by atoms with E-state index in [0.29, 0.717) is 0 Å². The fraction of sp³-hybridized carbons (Fsp3) is 0.385. The van der Waals surface area contributed by atoms with Crippen molar-refractivity contribution in [3.05, 3.63) is 42.5 Å². The fourth-order valence-electron chi connectivity index (χ4n) is 2.86. The third-order valence-electron chi connectivity index (χ3n) is 3.84. The molecular formula is C13H12F2O2S. The second-order valence-electron chi connectivity index (χ2n) is 4.81. The Labute approximate surface area is 104 Å². The van der Waals surface area contributed by atoms with Gasteiger partial charge in [0.2, 0.25) is 9.84 Å². The summed E-state index contributed by atoms with van der Waals surface area (Å²) < 4.78 is 53.5. The number of rotatable bonds is 2. The van der Waals surface area contributed by atoms with Crippen molar-refractivity contribution >= 4 is 9.84 Å². The third-order valence-corrected chi connectivity index (χ3v) is 6.08. The van der Waals surface area contributed by atoms with E-state index in [-0.39, 0.29) is 11.3 Å². The van der Waals surface area contributed by atoms with Crippen molar-refractivity contribution in [3.8, 4) is 0 Å². The molecule has 0 radical (unpaired) electrons. The highest BCUT2D eigenvalue weighted by atomic mass is 32.2. The molecule has 0 aromatic heterocycles. The van der Waals surface area contributed by atoms with Crippen LogP contribution >= 0.6 is 0 Å². The molecule has 1 aromatic rings. The lowest BCUT2D eigenvalue weighted by Crippen LogP contribution is -2.46. The minimum absolute atomic E-state index is 0.156. The first kappa shape index (κ1) is 11.8. The predicted molar refractivity (Wildman–Crippen MR) is 63.1 cm³/mol. The summed E-state index contributed by atoms with van der Waals surface area (Å²) in [5.74, 6) is -1.49. The molecule has 0 amide bonds. The summed E-state index contributed by atoms with van der Waals surface area (Å²) in [4.78, 5) is -0.156. The standard InChI is InChI=1S/C13H12F2O2S/c14-12-9-6-7-10(8-9)13(12,15)18(16,17)11-4-2-1-3-5-11/h1-7,9-10,12H,8H2/t9-,10+,12+,13+/m1/s1. The Bertz CT molecular complexity index is 597. The molecule has 1 aromatic carbocycles. The lowest BCUT2D eigenvalue weighted by atomic mass is 10.0. The molecule has 0 unspecified atom stereocenters. The Morgan fingerprint density at radius 1 is 1.17 bits per heavy atom. The van der Waals surface area contributed by atoms with Crippen LogP contribution in [0.5, 0.6) is 0 Å². The lowest BCUT2D eigenvalue weighted by molar-refractivity contribution is 0.114. The van der Waals surface area contributed by atoms with Gasteiger partial charge in [0.05, 0.1) is 4.90 Å². The molecule has 1 fully saturated rings. The molecule has 0 aliphatic heterocycles. The molecule has 3 rings (SSSR count). The quantitative estimate of drug-likeness (QED) is 0.774. The van der Waals surface area contributed by atoms with Crippen LogP contribution in [0.1, 0.15) is 6.42 Å². The molecule has 0 spiro atoms. The summed E-state index contributed by atoms with van der Waals surface area (Å²) in [5.41, 5.74) is 0. The molecule has 96 valence electrons. The van der Waals surface area contributed by atoms with Crippen molar-refractivity contribution in [1.29, 1.82) is 0 Å². The fourth-order valence-corrected chi connectivity index (χ4v) is 4.78. The van der Waals surface area contributed by atoms with E-state index in [0.717, 1.165) is 0 Å². The summed E-state index contributed by atoms with van der Waals surface area (Å²) in [6, 6.07) is 7.26. The second-order valence-corrected chi connectivity index (χ2v) is 6.91. The van der Waals surface area contributed by atoms with E-state index < -0.39 is 32.8 Å². The largest absolute Gasteiger partial charge is 0.252 e. The Morgan fingerprint density at radius 2 is 1.83 bits per heavy atom. The van der Waals surface area contributed by atoms with Gasteiger partial charge >= 0.3 is 0 Å². The van der Waals surface area contributed by atoms with Crippen molar-refractivity contribution in [2.75, 3.05) is 0 Å². The second kappa shape index (κ2) is 3.63. The van der Waals surface area contributed by atoms with Gasteiger partial charge in [-0.15, -0.1) is 0 Å². The summed E-state index contributed by atoms with van der Waals surface area (Å²) >= 11 is 0. The average molecular weight is 270 g/mol. The molecule has 0 heterocycles. The first-order valence-corrected chi connectivity index (χ1v) is 7.27. The lowest BCUT2D eigenvalue weighted by Gasteiger charge is -2.29. The highest BCUT2D eigenvalue weighted by Gasteiger charge is 2.65. The Balaban J connectivity index is 2.13. The van der Waals surface area contributed by atoms with Gasteiger partial charge < -0.3 is 0 Å². The van der Waals surface area contributed by atoms with Gasteiger partial charge in [-0.25, -0.2) is 17.2 Å². The third kappa shape index (κ3) is 1.28. The van der Waals surface area contributed by atoms with Gasteiger partial charge in [-0.2, -0.15) is 0 Å². The smallest absolute Gasteiger partial charge is 0.242 e. The number of allylic oxidation sites excluding steroid dienone is 2. The molecule has 4 atom stereocenters. The summed E-state index contributed by atoms with van der Waals surface area (Å²) in [7, 11) is -4.31. The molecule has 0 saturated heterocycles. The van der Waals surface area contributed by atoms with E-state index in [9.17, 15) is 17.2 Å². The molecular weight excluding hydrogens is 258 g/mol. The first-order valence-electron chi connectivity index (χ1n) is 5.79. The molecule has 2 aliphatic rings. The van der Waals surface area contributed by atoms with Crippen molar-refractivity contribution in [1.82, 2.24) is 0 Å². The van der Waals surface area contributed by atoms with Gasteiger partial charge in [-0.1, -0.05) is 30.4 Å². The highest BCUT2D eigenvalue weighted by molar-refractivity contribution is 7.92. The molecule has 1 saturated carbocycles. The summed E-state index contributed by atoms with van der Waals surface area (Å²) in [6.45, 7) is 0. The van der Waals surface area contributed by atoms with Gasteiger partial charge in [0.1, 0.15) is 0 Å². The topological polar surface area (TPSA) is 34.1 Å². The Morgan fingerprint density at radius 3 is 2.39 bits per heavy atom. The number of sulfone groups is 1. The van der Waals surface area contributed by atoms with Crippen LogP contribution in [-0.2, 0) is 9.84 Å². The maximum absolute atomic E-state index is 14.9. The molecule has 2 bridgehead atoms. The average Bonchev–Trinajstić information content (AvgIpc) is 2.94. The van der Waals surface area contributed by atoms with E-state index in [2.05, 4.69) is 0 Å². The van der Waals surface area contributed by atoms with Gasteiger partial charge in [0, 0.05) is 11.8 Å². The number of fused-ring (bicyclic) bond motifs is 2. The molecule has 0 N–H and O–H groups in total. The first-order chi connectivity index (χ1) is 8.48. The van der Waals surface area contributed by atoms with Crippen LogP contribution in [0.4, 0.5) is 8.78 Å². The number of benzene rings is 1. The minimum Gasteiger partial charge on any atom is -0.242 e. The van der Waals surface area contributed by atoms with E-state index in [4.69, 9.17) is 0 Å². The zero-order valence-corrected chi connectivity index (χ0v) is 10.3. The number of hydrogen-bond donors (Lipinski definition) is 0. The summed E-state index contributed by atoms with van der Waals surface area (Å²) in [5, 5.41) is -2.81. The van der Waals surface area contributed by atoms with Crippen LogP contribution in [0.3, 0.4) is 0 Å². The van der Waals surface area contributed by atoms with E-state index in [1.807, 2.05) is 0 Å². The SMILES string of the molecule is O=S(=O)(c1ccccc1)[C@@]1(F)[C@H]2C=C[C@H](C2)[C@@H]1F. The van der Waals surface area contributed by atoms with Crippen molar-refractivity contribution in [3.63, 3.8) is 0 Å². The number of halogens is 2. The zero-order chi connectivity index (χ0) is 13.0. The van der Waals surface area contributed by atoms with Crippen molar-refractivity contribution < 1.29 is 17.2 Å². The van der Waals surface area contributed by atoms with Crippen LogP contribution < -0.4 is 0 Å². The molecule has 5 heteroatoms. The molecule has 2 aliphatic carbocycles. The Kier molecular flexibility index (Phi) is 2.39. The molecule has 2 nitrogen and oxygen atoms in total. The van der Waals surface area contributed by atoms with Gasteiger partial charge in [-0.3, -0.25) is 0 Å². The summed E-state index contributed by atoms with van der Waals surface area (Å²) in [6.07, 6.45) is 1.33. The Hall–Kier alpha value is -1.23. The number of hydrogen-bond acceptors (Lipinski definition) is 2.